The first-order chi connectivity index (χ1) is 5.07. The molecule has 0 radical (unpaired) electrons. The molecule has 1 N–H and O–H groups in total. The summed E-state index contributed by atoms with van der Waals surface area (Å²) in [4.78, 5) is 0. The molecule has 0 aromatic rings. The lowest BCUT2D eigenvalue weighted by Crippen LogP contribution is -2.44. The third-order valence-corrected chi connectivity index (χ3v) is 1.78. The van der Waals surface area contributed by atoms with Gasteiger partial charge in [-0.3, -0.25) is 0 Å². The van der Waals surface area contributed by atoms with Crippen molar-refractivity contribution < 1.29 is 18.3 Å². The van der Waals surface area contributed by atoms with E-state index in [1.54, 1.807) is 0 Å². The summed E-state index contributed by atoms with van der Waals surface area (Å²) in [5.74, 6) is -2.27. The molecule has 0 aliphatic carbocycles. The summed E-state index contributed by atoms with van der Waals surface area (Å²) in [5.41, 5.74) is -1.70. The molecule has 0 amide bonds. The van der Waals surface area contributed by atoms with Gasteiger partial charge in [-0.25, -0.2) is 0 Å². The van der Waals surface area contributed by atoms with Gasteiger partial charge in [0, 0.05) is 0 Å². The first kappa shape index (κ1) is 11.8. The van der Waals surface area contributed by atoms with Crippen LogP contribution in [-0.2, 0) is 0 Å². The lowest BCUT2D eigenvalue weighted by molar-refractivity contribution is -0.231. The van der Waals surface area contributed by atoms with Crippen LogP contribution in [0.5, 0.6) is 0 Å². The molecule has 74 valence electrons. The van der Waals surface area contributed by atoms with Crippen molar-refractivity contribution in [2.24, 2.45) is 11.8 Å². The zero-order valence-corrected chi connectivity index (χ0v) is 7.74. The normalized spacial score (nSPS) is 16.8. The van der Waals surface area contributed by atoms with Crippen molar-refractivity contribution in [3.05, 3.63) is 0 Å². The summed E-state index contributed by atoms with van der Waals surface area (Å²) in [6, 6.07) is 0. The van der Waals surface area contributed by atoms with E-state index in [1.165, 1.54) is 27.7 Å². The summed E-state index contributed by atoms with van der Waals surface area (Å²) < 4.78 is 36.9. The Morgan fingerprint density at radius 2 is 1.42 bits per heavy atom. The Morgan fingerprint density at radius 3 is 1.42 bits per heavy atom. The van der Waals surface area contributed by atoms with Crippen LogP contribution < -0.4 is 0 Å². The Kier molecular flexibility index (Phi) is 3.18. The molecule has 0 heterocycles. The lowest BCUT2D eigenvalue weighted by atomic mass is 9.81. The van der Waals surface area contributed by atoms with Gasteiger partial charge in [-0.1, -0.05) is 13.8 Å². The molecule has 0 aromatic carbocycles. The van der Waals surface area contributed by atoms with Gasteiger partial charge in [0.05, 0.1) is 11.5 Å². The number of rotatable bonds is 2. The van der Waals surface area contributed by atoms with E-state index in [9.17, 15) is 18.3 Å². The van der Waals surface area contributed by atoms with Gasteiger partial charge in [0.25, 0.3) is 0 Å². The van der Waals surface area contributed by atoms with E-state index in [0.29, 0.717) is 0 Å². The zero-order chi connectivity index (χ0) is 10.2. The molecule has 1 unspecified atom stereocenters. The largest absolute Gasteiger partial charge is 0.394 e. The van der Waals surface area contributed by atoms with E-state index < -0.39 is 23.6 Å². The predicted molar refractivity (Wildman–Crippen MR) is 40.7 cm³/mol. The van der Waals surface area contributed by atoms with Crippen LogP contribution in [0.25, 0.3) is 0 Å². The Hall–Kier alpha value is -0.250. The second-order valence-electron chi connectivity index (χ2n) is 3.92. The van der Waals surface area contributed by atoms with Crippen LogP contribution in [0.4, 0.5) is 13.2 Å². The minimum Gasteiger partial charge on any atom is -0.390 e. The summed E-state index contributed by atoms with van der Waals surface area (Å²) in [7, 11) is 0. The SMILES string of the molecule is CC(C)C(C(C)(C)O)C(F)(F)F. The first-order valence-electron chi connectivity index (χ1n) is 3.86. The van der Waals surface area contributed by atoms with E-state index >= 15 is 0 Å². The minimum absolute atomic E-state index is 0.606. The summed E-state index contributed by atoms with van der Waals surface area (Å²) >= 11 is 0. The van der Waals surface area contributed by atoms with Crippen molar-refractivity contribution in [3.63, 3.8) is 0 Å². The lowest BCUT2D eigenvalue weighted by Gasteiger charge is -2.33. The van der Waals surface area contributed by atoms with Crippen molar-refractivity contribution in [2.45, 2.75) is 39.5 Å². The average Bonchev–Trinajstić information content (AvgIpc) is 1.49. The third kappa shape index (κ3) is 3.01. The summed E-state index contributed by atoms with van der Waals surface area (Å²) in [5, 5.41) is 9.26. The molecule has 12 heavy (non-hydrogen) atoms. The molecule has 0 aromatic heterocycles. The second-order valence-corrected chi connectivity index (χ2v) is 3.92. The number of halogens is 3. The summed E-state index contributed by atoms with van der Waals surface area (Å²) in [6.45, 7) is 5.28. The van der Waals surface area contributed by atoms with Crippen molar-refractivity contribution in [3.8, 4) is 0 Å². The number of alkyl halides is 3. The van der Waals surface area contributed by atoms with Crippen LogP contribution in [0, 0.1) is 11.8 Å². The molecule has 4 heteroatoms. The Bertz CT molecular complexity index is 129. The second kappa shape index (κ2) is 3.24. The van der Waals surface area contributed by atoms with Crippen molar-refractivity contribution in [1.82, 2.24) is 0 Å². The number of aliphatic hydroxyl groups is 1. The molecule has 0 spiro atoms. The molecular formula is C8H15F3O. The Morgan fingerprint density at radius 1 is 1.08 bits per heavy atom. The zero-order valence-electron chi connectivity index (χ0n) is 7.74. The van der Waals surface area contributed by atoms with E-state index in [2.05, 4.69) is 0 Å². The molecule has 0 bridgehead atoms. The van der Waals surface area contributed by atoms with Gasteiger partial charge < -0.3 is 5.11 Å². The van der Waals surface area contributed by atoms with Gasteiger partial charge in [-0.2, -0.15) is 13.2 Å². The van der Waals surface area contributed by atoms with Gasteiger partial charge in [-0.05, 0) is 19.8 Å². The average molecular weight is 184 g/mol. The van der Waals surface area contributed by atoms with Gasteiger partial charge in [0.15, 0.2) is 0 Å². The topological polar surface area (TPSA) is 20.2 Å². The Balaban J connectivity index is 4.70. The maximum absolute atomic E-state index is 12.3. The van der Waals surface area contributed by atoms with Crippen LogP contribution in [0.15, 0.2) is 0 Å². The fourth-order valence-electron chi connectivity index (χ4n) is 1.59. The van der Waals surface area contributed by atoms with Gasteiger partial charge >= 0.3 is 6.18 Å². The van der Waals surface area contributed by atoms with E-state index in [4.69, 9.17) is 0 Å². The third-order valence-electron chi connectivity index (χ3n) is 1.78. The quantitative estimate of drug-likeness (QED) is 0.699. The smallest absolute Gasteiger partial charge is 0.390 e. The summed E-state index contributed by atoms with van der Waals surface area (Å²) in [6.07, 6.45) is -4.33. The highest BCUT2D eigenvalue weighted by Crippen LogP contribution is 2.39. The Labute approximate surface area is 70.6 Å². The molecule has 0 aliphatic rings. The highest BCUT2D eigenvalue weighted by Gasteiger charge is 2.49. The standard InChI is InChI=1S/C8H15F3O/c1-5(2)6(7(3,4)12)8(9,10)11/h5-6,12H,1-4H3. The highest BCUT2D eigenvalue weighted by molar-refractivity contribution is 4.85. The fraction of sp³-hybridized carbons (Fsp3) is 1.00. The maximum Gasteiger partial charge on any atom is 0.394 e. The van der Waals surface area contributed by atoms with Crippen LogP contribution in [0.2, 0.25) is 0 Å². The maximum atomic E-state index is 12.3. The molecule has 0 fully saturated rings. The van der Waals surface area contributed by atoms with Crippen LogP contribution in [-0.4, -0.2) is 16.9 Å². The fourth-order valence-corrected chi connectivity index (χ4v) is 1.59. The van der Waals surface area contributed by atoms with Gasteiger partial charge in [0.1, 0.15) is 0 Å². The minimum atomic E-state index is -4.33. The van der Waals surface area contributed by atoms with Crippen LogP contribution in [0.3, 0.4) is 0 Å². The van der Waals surface area contributed by atoms with Crippen LogP contribution >= 0.6 is 0 Å². The van der Waals surface area contributed by atoms with Crippen LogP contribution in [0.1, 0.15) is 27.7 Å². The molecular weight excluding hydrogens is 169 g/mol. The molecule has 0 aliphatic heterocycles. The van der Waals surface area contributed by atoms with Crippen molar-refractivity contribution >= 4 is 0 Å². The van der Waals surface area contributed by atoms with E-state index in [0.717, 1.165) is 0 Å². The molecule has 0 saturated carbocycles. The number of hydrogen-bond acceptors (Lipinski definition) is 1. The van der Waals surface area contributed by atoms with Gasteiger partial charge in [0.2, 0.25) is 0 Å². The first-order valence-corrected chi connectivity index (χ1v) is 3.86. The molecule has 0 saturated heterocycles. The molecule has 1 nitrogen and oxygen atoms in total. The van der Waals surface area contributed by atoms with Crippen molar-refractivity contribution in [2.75, 3.05) is 0 Å². The predicted octanol–water partition coefficient (Wildman–Crippen LogP) is 2.59. The van der Waals surface area contributed by atoms with E-state index in [1.807, 2.05) is 0 Å². The van der Waals surface area contributed by atoms with Crippen molar-refractivity contribution in [1.29, 1.82) is 0 Å². The number of hydrogen-bond donors (Lipinski definition) is 1. The molecule has 0 rings (SSSR count). The molecule has 1 atom stereocenters. The van der Waals surface area contributed by atoms with Gasteiger partial charge in [-0.15, -0.1) is 0 Å². The monoisotopic (exact) mass is 184 g/mol. The van der Waals surface area contributed by atoms with E-state index in [-0.39, 0.29) is 0 Å². The highest BCUT2D eigenvalue weighted by atomic mass is 19.4.